The average Bonchev–Trinajstić information content (AvgIpc) is 2.84. The van der Waals surface area contributed by atoms with Gasteiger partial charge in [0.15, 0.2) is 5.82 Å². The van der Waals surface area contributed by atoms with E-state index in [-0.39, 0.29) is 23.7 Å². The Bertz CT molecular complexity index is 1030. The van der Waals surface area contributed by atoms with Crippen molar-refractivity contribution in [2.75, 3.05) is 18.0 Å². The van der Waals surface area contributed by atoms with Gasteiger partial charge in [0.05, 0.1) is 5.92 Å². The van der Waals surface area contributed by atoms with Gasteiger partial charge in [0.25, 0.3) is 0 Å². The van der Waals surface area contributed by atoms with Gasteiger partial charge in [-0.1, -0.05) is 30.3 Å². The largest absolute Gasteiger partial charge is 0.356 e. The molecule has 5 nitrogen and oxygen atoms in total. The predicted octanol–water partition coefficient (Wildman–Crippen LogP) is 4.64. The Morgan fingerprint density at radius 2 is 1.94 bits per heavy atom. The number of anilines is 1. The molecule has 3 aromatic rings. The molecule has 0 saturated carbocycles. The summed E-state index contributed by atoms with van der Waals surface area (Å²) in [6, 6.07) is 18.5. The van der Waals surface area contributed by atoms with E-state index in [4.69, 9.17) is 0 Å². The van der Waals surface area contributed by atoms with Crippen molar-refractivity contribution in [3.8, 4) is 11.4 Å². The lowest BCUT2D eigenvalue weighted by Crippen LogP contribution is -2.45. The Hall–Kier alpha value is -3.28. The summed E-state index contributed by atoms with van der Waals surface area (Å²) in [6.07, 6.45) is 5.40. The molecule has 0 spiro atoms. The van der Waals surface area contributed by atoms with Gasteiger partial charge in [-0.2, -0.15) is 0 Å². The van der Waals surface area contributed by atoms with Gasteiger partial charge in [-0.25, -0.2) is 14.4 Å². The van der Waals surface area contributed by atoms with Crippen molar-refractivity contribution in [3.63, 3.8) is 0 Å². The molecule has 4 rings (SSSR count). The van der Waals surface area contributed by atoms with E-state index in [1.165, 1.54) is 17.7 Å². The van der Waals surface area contributed by atoms with E-state index in [2.05, 4.69) is 39.2 Å². The lowest BCUT2D eigenvalue weighted by molar-refractivity contribution is -0.125. The number of carbonyl (C=O) groups excluding carboxylic acids is 1. The summed E-state index contributed by atoms with van der Waals surface area (Å²) < 4.78 is 13.2. The Balaban J connectivity index is 1.35. The quantitative estimate of drug-likeness (QED) is 0.591. The Kier molecular flexibility index (Phi) is 7.10. The zero-order valence-electron chi connectivity index (χ0n) is 18.4. The van der Waals surface area contributed by atoms with Crippen LogP contribution in [0.3, 0.4) is 0 Å². The smallest absolute Gasteiger partial charge is 0.225 e. The van der Waals surface area contributed by atoms with Gasteiger partial charge >= 0.3 is 0 Å². The number of nitrogens with zero attached hydrogens (tertiary/aromatic N) is 3. The number of carbonyl (C=O) groups is 1. The number of piperidine rings is 1. The van der Waals surface area contributed by atoms with Crippen LogP contribution >= 0.6 is 0 Å². The van der Waals surface area contributed by atoms with Crippen LogP contribution in [0.25, 0.3) is 11.4 Å². The van der Waals surface area contributed by atoms with Crippen molar-refractivity contribution in [1.82, 2.24) is 15.3 Å². The fraction of sp³-hybridized carbons (Fsp3) is 0.346. The standard InChI is InChI=1S/C26H29FN4O/c1-19(9-10-20-6-3-2-4-7-20)29-26(32)22-8-5-17-31(18-22)24-15-16-28-25(30-24)21-11-13-23(27)14-12-21/h2-4,6-7,11-16,19,22H,5,8-10,17-18H2,1H3,(H,29,32)/t19-,22-/m1/s1. The van der Waals surface area contributed by atoms with Crippen LogP contribution in [0, 0.1) is 11.7 Å². The topological polar surface area (TPSA) is 58.1 Å². The lowest BCUT2D eigenvalue weighted by atomic mass is 9.96. The molecule has 0 unspecified atom stereocenters. The zero-order valence-corrected chi connectivity index (χ0v) is 18.4. The number of hydrogen-bond acceptors (Lipinski definition) is 4. The number of aromatic nitrogens is 2. The molecule has 166 valence electrons. The summed E-state index contributed by atoms with van der Waals surface area (Å²) in [6.45, 7) is 3.56. The van der Waals surface area contributed by atoms with Crippen molar-refractivity contribution in [2.45, 2.75) is 38.6 Å². The number of hydrogen-bond donors (Lipinski definition) is 1. The third-order valence-electron chi connectivity index (χ3n) is 5.96. The highest BCUT2D eigenvalue weighted by Crippen LogP contribution is 2.24. The average molecular weight is 433 g/mol. The van der Waals surface area contributed by atoms with Crippen LogP contribution in [0.5, 0.6) is 0 Å². The monoisotopic (exact) mass is 432 g/mol. The van der Waals surface area contributed by atoms with Gasteiger partial charge < -0.3 is 10.2 Å². The van der Waals surface area contributed by atoms with E-state index in [1.807, 2.05) is 24.3 Å². The lowest BCUT2D eigenvalue weighted by Gasteiger charge is -2.33. The second-order valence-electron chi connectivity index (χ2n) is 8.46. The number of aryl methyl sites for hydroxylation is 1. The van der Waals surface area contributed by atoms with Crippen LogP contribution in [0.2, 0.25) is 0 Å². The number of rotatable bonds is 7. The van der Waals surface area contributed by atoms with Crippen LogP contribution in [0.15, 0.2) is 66.9 Å². The van der Waals surface area contributed by atoms with Gasteiger partial charge in [0.2, 0.25) is 5.91 Å². The first kappa shape index (κ1) is 21.9. The molecule has 0 radical (unpaired) electrons. The highest BCUT2D eigenvalue weighted by molar-refractivity contribution is 5.79. The van der Waals surface area contributed by atoms with E-state index < -0.39 is 0 Å². The van der Waals surface area contributed by atoms with Crippen molar-refractivity contribution in [3.05, 3.63) is 78.2 Å². The van der Waals surface area contributed by atoms with Gasteiger partial charge in [-0.15, -0.1) is 0 Å². The molecule has 1 aliphatic heterocycles. The normalized spacial score (nSPS) is 17.1. The minimum Gasteiger partial charge on any atom is -0.356 e. The Morgan fingerprint density at radius 1 is 1.16 bits per heavy atom. The van der Waals surface area contributed by atoms with E-state index in [0.29, 0.717) is 12.4 Å². The van der Waals surface area contributed by atoms with E-state index in [9.17, 15) is 9.18 Å². The molecule has 6 heteroatoms. The van der Waals surface area contributed by atoms with Crippen LogP contribution < -0.4 is 10.2 Å². The van der Waals surface area contributed by atoms with Gasteiger partial charge in [0, 0.05) is 30.9 Å². The molecule has 1 aromatic heterocycles. The van der Waals surface area contributed by atoms with Crippen LogP contribution in [-0.4, -0.2) is 35.0 Å². The van der Waals surface area contributed by atoms with Crippen molar-refractivity contribution < 1.29 is 9.18 Å². The highest BCUT2D eigenvalue weighted by Gasteiger charge is 2.27. The molecule has 1 fully saturated rings. The van der Waals surface area contributed by atoms with E-state index in [0.717, 1.165) is 43.6 Å². The number of amides is 1. The fourth-order valence-corrected chi connectivity index (χ4v) is 4.12. The number of nitrogens with one attached hydrogen (secondary N) is 1. The Labute approximate surface area is 188 Å². The first-order valence-electron chi connectivity index (χ1n) is 11.3. The zero-order chi connectivity index (χ0) is 22.3. The molecule has 32 heavy (non-hydrogen) atoms. The van der Waals surface area contributed by atoms with Crippen molar-refractivity contribution >= 4 is 11.7 Å². The maximum absolute atomic E-state index is 13.2. The minimum absolute atomic E-state index is 0.0628. The second kappa shape index (κ2) is 10.4. The van der Waals surface area contributed by atoms with E-state index in [1.54, 1.807) is 18.3 Å². The maximum atomic E-state index is 13.2. The predicted molar refractivity (Wildman–Crippen MR) is 125 cm³/mol. The fourth-order valence-electron chi connectivity index (χ4n) is 4.12. The first-order valence-corrected chi connectivity index (χ1v) is 11.3. The highest BCUT2D eigenvalue weighted by atomic mass is 19.1. The molecule has 2 heterocycles. The van der Waals surface area contributed by atoms with Crippen LogP contribution in [0.4, 0.5) is 10.2 Å². The van der Waals surface area contributed by atoms with Gasteiger partial charge in [-0.3, -0.25) is 4.79 Å². The summed E-state index contributed by atoms with van der Waals surface area (Å²) in [5.74, 6) is 1.13. The third kappa shape index (κ3) is 5.69. The van der Waals surface area contributed by atoms with Gasteiger partial charge in [0.1, 0.15) is 11.6 Å². The summed E-state index contributed by atoms with van der Waals surface area (Å²) in [5.41, 5.74) is 2.06. The Morgan fingerprint density at radius 3 is 2.72 bits per heavy atom. The van der Waals surface area contributed by atoms with Crippen LogP contribution in [-0.2, 0) is 11.2 Å². The number of benzene rings is 2. The number of halogens is 1. The van der Waals surface area contributed by atoms with E-state index >= 15 is 0 Å². The molecule has 1 N–H and O–H groups in total. The molecule has 2 atom stereocenters. The third-order valence-corrected chi connectivity index (χ3v) is 5.96. The first-order chi connectivity index (χ1) is 15.6. The molecular formula is C26H29FN4O. The molecule has 0 bridgehead atoms. The van der Waals surface area contributed by atoms with Crippen molar-refractivity contribution in [1.29, 1.82) is 0 Å². The molecule has 1 amide bonds. The summed E-state index contributed by atoms with van der Waals surface area (Å²) in [5, 5.41) is 3.20. The SMILES string of the molecule is C[C@H](CCc1ccccc1)NC(=O)[C@@H]1CCCN(c2ccnc(-c3ccc(F)cc3)n2)C1. The van der Waals surface area contributed by atoms with Crippen LogP contribution in [0.1, 0.15) is 31.7 Å². The molecular weight excluding hydrogens is 403 g/mol. The molecule has 1 aliphatic rings. The summed E-state index contributed by atoms with van der Waals surface area (Å²) >= 11 is 0. The summed E-state index contributed by atoms with van der Waals surface area (Å²) in [4.78, 5) is 24.1. The minimum atomic E-state index is -0.284. The van der Waals surface area contributed by atoms with Crippen molar-refractivity contribution in [2.24, 2.45) is 5.92 Å². The van der Waals surface area contributed by atoms with Gasteiger partial charge in [-0.05, 0) is 68.5 Å². The molecule has 0 aliphatic carbocycles. The maximum Gasteiger partial charge on any atom is 0.225 e. The molecule has 2 aromatic carbocycles. The second-order valence-corrected chi connectivity index (χ2v) is 8.46. The summed E-state index contributed by atoms with van der Waals surface area (Å²) in [7, 11) is 0. The molecule has 1 saturated heterocycles.